The molecular weight excluding hydrogens is 438 g/mol. The number of likely N-dealkylation sites (tertiary alicyclic amines) is 1. The van der Waals surface area contributed by atoms with E-state index < -0.39 is 0 Å². The van der Waals surface area contributed by atoms with Crippen molar-refractivity contribution < 1.29 is 14.3 Å². The average Bonchev–Trinajstić information content (AvgIpc) is 3.31. The van der Waals surface area contributed by atoms with Crippen molar-refractivity contribution in [2.75, 3.05) is 25.0 Å². The monoisotopic (exact) mass is 473 g/mol. The Balaban J connectivity index is 1.35. The number of nitrogens with zero attached hydrogens (tertiary/aromatic N) is 3. The molecule has 0 radical (unpaired) electrons. The van der Waals surface area contributed by atoms with Crippen LogP contribution in [0.25, 0.3) is 0 Å². The third kappa shape index (κ3) is 6.61. The van der Waals surface area contributed by atoms with Gasteiger partial charge in [-0.05, 0) is 62.6 Å². The maximum Gasteiger partial charge on any atom is 0.342 e. The number of benzene rings is 2. The number of hydrogen-bond acceptors (Lipinski definition) is 6. The van der Waals surface area contributed by atoms with Gasteiger partial charge in [0.05, 0.1) is 6.10 Å². The second-order valence-electron chi connectivity index (χ2n) is 9.54. The molecule has 0 N–H and O–H groups in total. The number of likely N-dealkylation sites (N-methyl/N-ethyl adjacent to an activating group) is 1. The van der Waals surface area contributed by atoms with Crippen molar-refractivity contribution in [1.82, 2.24) is 9.88 Å². The Labute approximate surface area is 208 Å². The first-order chi connectivity index (χ1) is 16.9. The van der Waals surface area contributed by atoms with Crippen LogP contribution < -0.4 is 9.64 Å². The molecule has 6 nitrogen and oxygen atoms in total. The number of carbonyl (C=O) groups is 1. The number of pyridine rings is 1. The van der Waals surface area contributed by atoms with Crippen LogP contribution in [0.4, 0.5) is 5.82 Å². The number of esters is 1. The minimum Gasteiger partial charge on any atom is -0.489 e. The summed E-state index contributed by atoms with van der Waals surface area (Å²) in [5.74, 6) is 1.24. The number of anilines is 1. The number of hydrogen-bond donors (Lipinski definition) is 0. The van der Waals surface area contributed by atoms with Crippen LogP contribution in [0.15, 0.2) is 66.9 Å². The molecule has 1 aromatic heterocycles. The lowest BCUT2D eigenvalue weighted by Gasteiger charge is -2.27. The lowest BCUT2D eigenvalue weighted by molar-refractivity contribution is 0.0378. The molecule has 1 atom stereocenters. The van der Waals surface area contributed by atoms with Crippen molar-refractivity contribution in [3.05, 3.63) is 89.1 Å². The van der Waals surface area contributed by atoms with Gasteiger partial charge in [-0.2, -0.15) is 0 Å². The number of aromatic nitrogens is 1. The summed E-state index contributed by atoms with van der Waals surface area (Å²) in [7, 11) is 2.02. The molecule has 35 heavy (non-hydrogen) atoms. The molecule has 184 valence electrons. The minimum absolute atomic E-state index is 0.167. The zero-order valence-corrected chi connectivity index (χ0v) is 21.1. The van der Waals surface area contributed by atoms with Crippen molar-refractivity contribution in [3.63, 3.8) is 0 Å². The van der Waals surface area contributed by atoms with Gasteiger partial charge in [-0.1, -0.05) is 42.0 Å². The van der Waals surface area contributed by atoms with Gasteiger partial charge in [0, 0.05) is 38.9 Å². The quantitative estimate of drug-likeness (QED) is 0.396. The van der Waals surface area contributed by atoms with Crippen LogP contribution in [0, 0.1) is 6.92 Å². The van der Waals surface area contributed by atoms with Crippen molar-refractivity contribution in [2.24, 2.45) is 0 Å². The zero-order valence-electron chi connectivity index (χ0n) is 21.1. The van der Waals surface area contributed by atoms with E-state index in [0.717, 1.165) is 37.4 Å². The Morgan fingerprint density at radius 3 is 2.69 bits per heavy atom. The SMILES string of the molecule is Cc1ccc(COc2cccc(CN3CC[C@H](N(C)c4ncccc4C(=O)OC(C)C)C3)c2)cc1. The molecular formula is C29H35N3O3. The standard InChI is InChI=1S/C29H35N3O3/c1-21(2)35-29(33)27-9-6-15-30-28(27)31(4)25-14-16-32(19-25)18-24-7-5-8-26(17-24)34-20-23-12-10-22(3)11-13-23/h5-13,15,17,21,25H,14,16,18-20H2,1-4H3/t25-/m0/s1. The van der Waals surface area contributed by atoms with Gasteiger partial charge in [-0.3, -0.25) is 4.90 Å². The van der Waals surface area contributed by atoms with E-state index >= 15 is 0 Å². The molecule has 1 aliphatic rings. The highest BCUT2D eigenvalue weighted by Crippen LogP contribution is 2.25. The third-order valence-corrected chi connectivity index (χ3v) is 6.31. The first-order valence-corrected chi connectivity index (χ1v) is 12.3. The molecule has 0 aliphatic carbocycles. The summed E-state index contributed by atoms with van der Waals surface area (Å²) in [6.07, 6.45) is 2.57. The topological polar surface area (TPSA) is 54.9 Å². The molecule has 0 spiro atoms. The summed E-state index contributed by atoms with van der Waals surface area (Å²) in [6, 6.07) is 20.6. The van der Waals surface area contributed by atoms with E-state index in [9.17, 15) is 4.79 Å². The summed E-state index contributed by atoms with van der Waals surface area (Å²) < 4.78 is 11.5. The summed E-state index contributed by atoms with van der Waals surface area (Å²) in [4.78, 5) is 21.7. The highest BCUT2D eigenvalue weighted by Gasteiger charge is 2.29. The third-order valence-electron chi connectivity index (χ3n) is 6.31. The van der Waals surface area contributed by atoms with Crippen LogP contribution in [0.2, 0.25) is 0 Å². The molecule has 4 rings (SSSR count). The number of carbonyl (C=O) groups excluding carboxylic acids is 1. The number of ether oxygens (including phenoxy) is 2. The van der Waals surface area contributed by atoms with Gasteiger partial charge in [-0.15, -0.1) is 0 Å². The molecule has 1 fully saturated rings. The fraction of sp³-hybridized carbons (Fsp3) is 0.379. The van der Waals surface area contributed by atoms with Gasteiger partial charge in [0.25, 0.3) is 0 Å². The normalized spacial score (nSPS) is 15.9. The maximum absolute atomic E-state index is 12.6. The predicted octanol–water partition coefficient (Wildman–Crippen LogP) is 5.24. The first-order valence-electron chi connectivity index (χ1n) is 12.3. The second-order valence-corrected chi connectivity index (χ2v) is 9.54. The van der Waals surface area contributed by atoms with Crippen LogP contribution in [0.3, 0.4) is 0 Å². The van der Waals surface area contributed by atoms with Crippen LogP contribution in [0.1, 0.15) is 47.3 Å². The lowest BCUT2D eigenvalue weighted by Crippen LogP contribution is -2.36. The molecule has 1 aliphatic heterocycles. The second kappa shape index (κ2) is 11.4. The van der Waals surface area contributed by atoms with Crippen LogP contribution in [-0.4, -0.2) is 48.1 Å². The van der Waals surface area contributed by atoms with E-state index in [2.05, 4.69) is 64.2 Å². The Morgan fingerprint density at radius 1 is 1.11 bits per heavy atom. The Hall–Kier alpha value is -3.38. The zero-order chi connectivity index (χ0) is 24.8. The lowest BCUT2D eigenvalue weighted by atomic mass is 10.1. The van der Waals surface area contributed by atoms with E-state index in [0.29, 0.717) is 18.0 Å². The smallest absolute Gasteiger partial charge is 0.342 e. The van der Waals surface area contributed by atoms with Crippen molar-refractivity contribution >= 4 is 11.8 Å². The summed E-state index contributed by atoms with van der Waals surface area (Å²) in [5.41, 5.74) is 4.16. The summed E-state index contributed by atoms with van der Waals surface area (Å²) >= 11 is 0. The Kier molecular flexibility index (Phi) is 8.03. The van der Waals surface area contributed by atoms with E-state index in [4.69, 9.17) is 9.47 Å². The van der Waals surface area contributed by atoms with E-state index in [1.54, 1.807) is 18.3 Å². The number of rotatable bonds is 9. The Bertz CT molecular complexity index is 1130. The molecule has 2 heterocycles. The van der Waals surface area contributed by atoms with Gasteiger partial charge in [0.2, 0.25) is 0 Å². The first kappa shape index (κ1) is 24.7. The van der Waals surface area contributed by atoms with Crippen LogP contribution in [0.5, 0.6) is 5.75 Å². The fourth-order valence-corrected chi connectivity index (χ4v) is 4.40. The average molecular weight is 474 g/mol. The van der Waals surface area contributed by atoms with Crippen LogP contribution in [-0.2, 0) is 17.9 Å². The van der Waals surface area contributed by atoms with Gasteiger partial charge < -0.3 is 14.4 Å². The van der Waals surface area contributed by atoms with Crippen molar-refractivity contribution in [1.29, 1.82) is 0 Å². The van der Waals surface area contributed by atoms with E-state index in [1.807, 2.05) is 27.0 Å². The molecule has 0 saturated carbocycles. The van der Waals surface area contributed by atoms with Crippen LogP contribution >= 0.6 is 0 Å². The molecule has 1 saturated heterocycles. The van der Waals surface area contributed by atoms with E-state index in [1.165, 1.54) is 11.1 Å². The number of aryl methyl sites for hydroxylation is 1. The molecule has 0 bridgehead atoms. The molecule has 2 aromatic carbocycles. The molecule has 3 aromatic rings. The summed E-state index contributed by atoms with van der Waals surface area (Å²) in [6.45, 7) is 9.11. The highest BCUT2D eigenvalue weighted by molar-refractivity contribution is 5.94. The van der Waals surface area contributed by atoms with Crippen molar-refractivity contribution in [3.8, 4) is 5.75 Å². The van der Waals surface area contributed by atoms with E-state index in [-0.39, 0.29) is 18.1 Å². The molecule has 0 amide bonds. The fourth-order valence-electron chi connectivity index (χ4n) is 4.40. The van der Waals surface area contributed by atoms with Gasteiger partial charge in [0.15, 0.2) is 0 Å². The predicted molar refractivity (Wildman–Crippen MR) is 139 cm³/mol. The summed E-state index contributed by atoms with van der Waals surface area (Å²) in [5, 5.41) is 0. The largest absolute Gasteiger partial charge is 0.489 e. The minimum atomic E-state index is -0.327. The van der Waals surface area contributed by atoms with Gasteiger partial charge >= 0.3 is 5.97 Å². The maximum atomic E-state index is 12.6. The molecule has 0 unspecified atom stereocenters. The van der Waals surface area contributed by atoms with Gasteiger partial charge in [0.1, 0.15) is 23.7 Å². The highest BCUT2D eigenvalue weighted by atomic mass is 16.5. The van der Waals surface area contributed by atoms with Crippen molar-refractivity contribution in [2.45, 2.75) is 52.5 Å². The Morgan fingerprint density at radius 2 is 1.91 bits per heavy atom. The molecule has 6 heteroatoms. The van der Waals surface area contributed by atoms with Gasteiger partial charge in [-0.25, -0.2) is 9.78 Å².